The van der Waals surface area contributed by atoms with Crippen molar-refractivity contribution in [3.63, 3.8) is 0 Å². The van der Waals surface area contributed by atoms with E-state index in [1.807, 2.05) is 45.9 Å². The van der Waals surface area contributed by atoms with Crippen LogP contribution in [0.15, 0.2) is 18.2 Å². The third-order valence-electron chi connectivity index (χ3n) is 3.57. The molecule has 1 fully saturated rings. The predicted molar refractivity (Wildman–Crippen MR) is 91.4 cm³/mol. The van der Waals surface area contributed by atoms with E-state index in [0.717, 1.165) is 17.9 Å². The maximum atomic E-state index is 12.5. The van der Waals surface area contributed by atoms with Gasteiger partial charge in [-0.3, -0.25) is 0 Å². The third kappa shape index (κ3) is 5.66. The molecule has 23 heavy (non-hydrogen) atoms. The Kier molecular flexibility index (Phi) is 5.39. The Morgan fingerprint density at radius 1 is 1.35 bits per heavy atom. The van der Waals surface area contributed by atoms with Gasteiger partial charge in [-0.25, -0.2) is 4.79 Å². The molecule has 0 unspecified atom stereocenters. The summed E-state index contributed by atoms with van der Waals surface area (Å²) in [7, 11) is 0. The van der Waals surface area contributed by atoms with Crippen LogP contribution in [-0.2, 0) is 11.3 Å². The third-order valence-corrected chi connectivity index (χ3v) is 3.57. The van der Waals surface area contributed by atoms with Crippen LogP contribution in [0.5, 0.6) is 5.75 Å². The van der Waals surface area contributed by atoms with Gasteiger partial charge in [0.2, 0.25) is 0 Å². The van der Waals surface area contributed by atoms with Gasteiger partial charge in [-0.2, -0.15) is 0 Å². The molecule has 1 aliphatic carbocycles. The van der Waals surface area contributed by atoms with Crippen LogP contribution in [0, 0.1) is 5.92 Å². The average molecular weight is 320 g/mol. The highest BCUT2D eigenvalue weighted by molar-refractivity contribution is 5.68. The fraction of sp³-hybridized carbons (Fsp3) is 0.611. The maximum absolute atomic E-state index is 12.5. The highest BCUT2D eigenvalue weighted by Crippen LogP contribution is 2.32. The van der Waals surface area contributed by atoms with Crippen molar-refractivity contribution in [2.24, 2.45) is 5.92 Å². The zero-order chi connectivity index (χ0) is 17.0. The van der Waals surface area contributed by atoms with Crippen LogP contribution in [0.25, 0.3) is 0 Å². The summed E-state index contributed by atoms with van der Waals surface area (Å²) in [5.74, 6) is 1.35. The van der Waals surface area contributed by atoms with Gasteiger partial charge >= 0.3 is 6.09 Å². The predicted octanol–water partition coefficient (Wildman–Crippen LogP) is 3.81. The number of amides is 1. The molecule has 1 aromatic carbocycles. The molecule has 128 valence electrons. The molecule has 1 aliphatic rings. The van der Waals surface area contributed by atoms with Crippen molar-refractivity contribution in [2.75, 3.05) is 18.9 Å². The lowest BCUT2D eigenvalue weighted by molar-refractivity contribution is 0.0223. The Balaban J connectivity index is 2.16. The van der Waals surface area contributed by atoms with Crippen molar-refractivity contribution >= 4 is 11.8 Å². The minimum Gasteiger partial charge on any atom is -0.494 e. The van der Waals surface area contributed by atoms with Gasteiger partial charge < -0.3 is 20.1 Å². The number of ether oxygens (including phenoxy) is 2. The summed E-state index contributed by atoms with van der Waals surface area (Å²) in [6.45, 7) is 9.33. The first-order chi connectivity index (χ1) is 10.8. The molecule has 1 aromatic rings. The highest BCUT2D eigenvalue weighted by Gasteiger charge is 2.30. The van der Waals surface area contributed by atoms with Crippen LogP contribution in [0.4, 0.5) is 10.5 Å². The summed E-state index contributed by atoms with van der Waals surface area (Å²) in [4.78, 5) is 14.3. The Bertz CT molecular complexity index is 548. The number of hydrogen-bond acceptors (Lipinski definition) is 4. The average Bonchev–Trinajstić information content (AvgIpc) is 3.23. The van der Waals surface area contributed by atoms with Gasteiger partial charge in [0.1, 0.15) is 11.4 Å². The lowest BCUT2D eigenvalue weighted by atomic mass is 10.1. The number of nitrogens with zero attached hydrogens (tertiary/aromatic N) is 1. The fourth-order valence-corrected chi connectivity index (χ4v) is 2.37. The van der Waals surface area contributed by atoms with Crippen LogP contribution in [-0.4, -0.2) is 29.7 Å². The Hall–Kier alpha value is -1.91. The minimum atomic E-state index is -0.503. The van der Waals surface area contributed by atoms with Crippen LogP contribution in [0.2, 0.25) is 0 Å². The number of nitrogens with two attached hydrogens (primary N) is 1. The number of carbonyl (C=O) groups excluding carboxylic acids is 1. The van der Waals surface area contributed by atoms with E-state index in [2.05, 4.69) is 0 Å². The van der Waals surface area contributed by atoms with Gasteiger partial charge in [0, 0.05) is 17.8 Å². The van der Waals surface area contributed by atoms with E-state index in [1.54, 1.807) is 4.90 Å². The molecule has 1 amide bonds. The topological polar surface area (TPSA) is 64.8 Å². The number of hydrogen-bond donors (Lipinski definition) is 1. The largest absolute Gasteiger partial charge is 0.494 e. The van der Waals surface area contributed by atoms with Crippen LogP contribution < -0.4 is 10.5 Å². The highest BCUT2D eigenvalue weighted by atomic mass is 16.6. The molecule has 2 N–H and O–H groups in total. The molecule has 2 rings (SSSR count). The summed E-state index contributed by atoms with van der Waals surface area (Å²) in [6.07, 6.45) is 2.07. The zero-order valence-electron chi connectivity index (χ0n) is 14.6. The molecule has 0 aliphatic heterocycles. The molecular weight excluding hydrogens is 292 g/mol. The lowest BCUT2D eigenvalue weighted by Crippen LogP contribution is -2.37. The summed E-state index contributed by atoms with van der Waals surface area (Å²) < 4.78 is 11.2. The molecule has 0 atom stereocenters. The number of rotatable bonds is 6. The second-order valence-electron chi connectivity index (χ2n) is 7.10. The number of anilines is 1. The Morgan fingerprint density at radius 3 is 2.61 bits per heavy atom. The molecule has 1 saturated carbocycles. The summed E-state index contributed by atoms with van der Waals surface area (Å²) in [5.41, 5.74) is 6.98. The monoisotopic (exact) mass is 320 g/mol. The standard InChI is InChI=1S/C18H28N2O3/c1-5-22-16-9-8-15(19)10-14(16)12-20(11-13-6-7-13)17(21)23-18(2,3)4/h8-10,13H,5-7,11-12,19H2,1-4H3. The van der Waals surface area contributed by atoms with E-state index in [0.29, 0.717) is 24.8 Å². The second kappa shape index (κ2) is 7.11. The van der Waals surface area contributed by atoms with Crippen molar-refractivity contribution in [1.82, 2.24) is 4.90 Å². The lowest BCUT2D eigenvalue weighted by Gasteiger charge is -2.28. The van der Waals surface area contributed by atoms with E-state index in [9.17, 15) is 4.79 Å². The van der Waals surface area contributed by atoms with Crippen LogP contribution in [0.1, 0.15) is 46.1 Å². The molecule has 0 heterocycles. The van der Waals surface area contributed by atoms with Crippen molar-refractivity contribution in [3.8, 4) is 5.75 Å². The first-order valence-corrected chi connectivity index (χ1v) is 8.27. The van der Waals surface area contributed by atoms with Gasteiger partial charge in [-0.15, -0.1) is 0 Å². The Labute approximate surface area is 138 Å². The first-order valence-electron chi connectivity index (χ1n) is 8.27. The van der Waals surface area contributed by atoms with Gasteiger partial charge in [0.25, 0.3) is 0 Å². The van der Waals surface area contributed by atoms with Crippen molar-refractivity contribution < 1.29 is 14.3 Å². The molecule has 5 nitrogen and oxygen atoms in total. The molecule has 0 spiro atoms. The number of nitrogen functional groups attached to an aromatic ring is 1. The number of benzene rings is 1. The minimum absolute atomic E-state index is 0.283. The summed E-state index contributed by atoms with van der Waals surface area (Å²) in [6, 6.07) is 5.54. The zero-order valence-corrected chi connectivity index (χ0v) is 14.6. The van der Waals surface area contributed by atoms with Gasteiger partial charge in [-0.05, 0) is 64.7 Å². The van der Waals surface area contributed by atoms with Gasteiger partial charge in [0.05, 0.1) is 13.2 Å². The molecule has 0 radical (unpaired) electrons. The molecule has 0 aromatic heterocycles. The van der Waals surface area contributed by atoms with E-state index >= 15 is 0 Å². The first kappa shape index (κ1) is 17.4. The van der Waals surface area contributed by atoms with Crippen molar-refractivity contribution in [3.05, 3.63) is 23.8 Å². The van der Waals surface area contributed by atoms with E-state index in [-0.39, 0.29) is 6.09 Å². The Morgan fingerprint density at radius 2 is 2.04 bits per heavy atom. The molecule has 0 bridgehead atoms. The van der Waals surface area contributed by atoms with Crippen molar-refractivity contribution in [2.45, 2.75) is 52.7 Å². The molecule has 5 heteroatoms. The van der Waals surface area contributed by atoms with Crippen molar-refractivity contribution in [1.29, 1.82) is 0 Å². The van der Waals surface area contributed by atoms with E-state index in [4.69, 9.17) is 15.2 Å². The molecular formula is C18H28N2O3. The smallest absolute Gasteiger partial charge is 0.410 e. The second-order valence-corrected chi connectivity index (χ2v) is 7.10. The van der Waals surface area contributed by atoms with E-state index < -0.39 is 5.60 Å². The van der Waals surface area contributed by atoms with Gasteiger partial charge in [0.15, 0.2) is 0 Å². The van der Waals surface area contributed by atoms with Crippen LogP contribution >= 0.6 is 0 Å². The number of carbonyl (C=O) groups is 1. The van der Waals surface area contributed by atoms with Gasteiger partial charge in [-0.1, -0.05) is 0 Å². The SMILES string of the molecule is CCOc1ccc(N)cc1CN(CC1CC1)C(=O)OC(C)(C)C. The summed E-state index contributed by atoms with van der Waals surface area (Å²) in [5, 5.41) is 0. The molecule has 0 saturated heterocycles. The quantitative estimate of drug-likeness (QED) is 0.809. The van der Waals surface area contributed by atoms with E-state index in [1.165, 1.54) is 12.8 Å². The van der Waals surface area contributed by atoms with Crippen LogP contribution in [0.3, 0.4) is 0 Å². The summed E-state index contributed by atoms with van der Waals surface area (Å²) >= 11 is 0. The maximum Gasteiger partial charge on any atom is 0.410 e. The fourth-order valence-electron chi connectivity index (χ4n) is 2.37. The normalized spacial score (nSPS) is 14.4.